The Bertz CT molecular complexity index is 513. The molecule has 2 N–H and O–H groups in total. The number of halogens is 1. The average Bonchev–Trinajstić information content (AvgIpc) is 2.93. The van der Waals surface area contributed by atoms with Crippen LogP contribution in [-0.2, 0) is 6.42 Å². The number of benzene rings is 1. The topological polar surface area (TPSA) is 35.2 Å². The van der Waals surface area contributed by atoms with Crippen LogP contribution < -0.4 is 10.5 Å². The third-order valence-electron chi connectivity index (χ3n) is 3.01. The third kappa shape index (κ3) is 3.81. The molecule has 1 aromatic carbocycles. The smallest absolute Gasteiger partial charge is 0.133 e. The minimum absolute atomic E-state index is 0.393. The molecule has 0 saturated heterocycles. The van der Waals surface area contributed by atoms with Crippen LogP contribution >= 0.6 is 27.3 Å². The quantitative estimate of drug-likeness (QED) is 0.856. The Labute approximate surface area is 126 Å². The maximum absolute atomic E-state index is 5.90. The van der Waals surface area contributed by atoms with E-state index in [0.717, 1.165) is 16.6 Å². The molecular formula is C15H18BrNOS. The van der Waals surface area contributed by atoms with Crippen LogP contribution in [0.4, 0.5) is 0 Å². The second-order valence-electron chi connectivity index (χ2n) is 4.35. The molecule has 19 heavy (non-hydrogen) atoms. The summed E-state index contributed by atoms with van der Waals surface area (Å²) in [5, 5.41) is 2.10. The monoisotopic (exact) mass is 339 g/mol. The first-order valence-corrected chi connectivity index (χ1v) is 8.06. The maximum Gasteiger partial charge on any atom is 0.133 e. The number of rotatable bonds is 6. The molecule has 2 rings (SSSR count). The van der Waals surface area contributed by atoms with Crippen molar-refractivity contribution in [2.75, 3.05) is 13.2 Å². The number of thiophene rings is 1. The lowest BCUT2D eigenvalue weighted by molar-refractivity contribution is 0.338. The summed E-state index contributed by atoms with van der Waals surface area (Å²) < 4.78 is 6.53. The van der Waals surface area contributed by atoms with E-state index in [9.17, 15) is 0 Å². The zero-order valence-corrected chi connectivity index (χ0v) is 13.3. The van der Waals surface area contributed by atoms with Crippen molar-refractivity contribution in [3.63, 3.8) is 0 Å². The van der Waals surface area contributed by atoms with E-state index >= 15 is 0 Å². The van der Waals surface area contributed by atoms with Crippen LogP contribution in [0.25, 0.3) is 0 Å². The largest absolute Gasteiger partial charge is 0.493 e. The normalized spacial score (nSPS) is 12.4. The molecule has 2 nitrogen and oxygen atoms in total. The van der Waals surface area contributed by atoms with Crippen LogP contribution in [0.5, 0.6) is 5.75 Å². The summed E-state index contributed by atoms with van der Waals surface area (Å²) in [7, 11) is 0. The van der Waals surface area contributed by atoms with Crippen LogP contribution in [0, 0.1) is 0 Å². The summed E-state index contributed by atoms with van der Waals surface area (Å²) in [5.74, 6) is 1.29. The Morgan fingerprint density at radius 1 is 1.37 bits per heavy atom. The lowest BCUT2D eigenvalue weighted by atomic mass is 9.98. The molecule has 4 heteroatoms. The molecule has 0 bridgehead atoms. The van der Waals surface area contributed by atoms with E-state index in [2.05, 4.69) is 45.6 Å². The van der Waals surface area contributed by atoms with Crippen LogP contribution in [0.15, 0.2) is 40.2 Å². The van der Waals surface area contributed by atoms with Gasteiger partial charge in [0.25, 0.3) is 0 Å². The molecule has 0 aliphatic heterocycles. The highest BCUT2D eigenvalue weighted by molar-refractivity contribution is 9.10. The van der Waals surface area contributed by atoms with Crippen molar-refractivity contribution in [3.05, 3.63) is 50.6 Å². The van der Waals surface area contributed by atoms with Gasteiger partial charge in [-0.05, 0) is 58.4 Å². The standard InChI is InChI=1S/C15H18BrNOS/c1-2-18-14-6-5-11(9-13(14)16)8-12(10-17)15-4-3-7-19-15/h3-7,9,12H,2,8,10,17H2,1H3. The van der Waals surface area contributed by atoms with Gasteiger partial charge in [-0.15, -0.1) is 11.3 Å². The molecular weight excluding hydrogens is 322 g/mol. The highest BCUT2D eigenvalue weighted by atomic mass is 79.9. The van der Waals surface area contributed by atoms with Gasteiger partial charge in [-0.2, -0.15) is 0 Å². The van der Waals surface area contributed by atoms with E-state index in [1.165, 1.54) is 10.4 Å². The van der Waals surface area contributed by atoms with Gasteiger partial charge in [0.2, 0.25) is 0 Å². The zero-order chi connectivity index (χ0) is 13.7. The molecule has 2 aromatic rings. The average molecular weight is 340 g/mol. The summed E-state index contributed by atoms with van der Waals surface area (Å²) in [5.41, 5.74) is 7.17. The van der Waals surface area contributed by atoms with Crippen molar-refractivity contribution in [2.45, 2.75) is 19.3 Å². The van der Waals surface area contributed by atoms with Crippen molar-refractivity contribution >= 4 is 27.3 Å². The van der Waals surface area contributed by atoms with Gasteiger partial charge in [-0.3, -0.25) is 0 Å². The SMILES string of the molecule is CCOc1ccc(CC(CN)c2cccs2)cc1Br. The molecule has 0 fully saturated rings. The summed E-state index contributed by atoms with van der Waals surface area (Å²) in [6, 6.07) is 10.5. The van der Waals surface area contributed by atoms with Crippen LogP contribution in [0.3, 0.4) is 0 Å². The van der Waals surface area contributed by atoms with Crippen molar-refractivity contribution < 1.29 is 4.74 Å². The van der Waals surface area contributed by atoms with E-state index < -0.39 is 0 Å². The second-order valence-corrected chi connectivity index (χ2v) is 6.18. The number of hydrogen-bond donors (Lipinski definition) is 1. The summed E-state index contributed by atoms with van der Waals surface area (Å²) >= 11 is 5.33. The fourth-order valence-electron chi connectivity index (χ4n) is 2.05. The van der Waals surface area contributed by atoms with Gasteiger partial charge in [0.05, 0.1) is 11.1 Å². The predicted octanol–water partition coefficient (Wildman–Crippen LogP) is 4.19. The summed E-state index contributed by atoms with van der Waals surface area (Å²) in [6.07, 6.45) is 0.960. The summed E-state index contributed by atoms with van der Waals surface area (Å²) in [4.78, 5) is 1.35. The van der Waals surface area contributed by atoms with Crippen molar-refractivity contribution in [1.29, 1.82) is 0 Å². The highest BCUT2D eigenvalue weighted by Crippen LogP contribution is 2.29. The molecule has 1 atom stereocenters. The zero-order valence-electron chi connectivity index (χ0n) is 10.9. The molecule has 0 amide bonds. The number of ether oxygens (including phenoxy) is 1. The van der Waals surface area contributed by atoms with Crippen LogP contribution in [-0.4, -0.2) is 13.2 Å². The van der Waals surface area contributed by atoms with Gasteiger partial charge in [0.15, 0.2) is 0 Å². The van der Waals surface area contributed by atoms with E-state index in [-0.39, 0.29) is 0 Å². The van der Waals surface area contributed by atoms with Crippen molar-refractivity contribution in [2.24, 2.45) is 5.73 Å². The molecule has 102 valence electrons. The van der Waals surface area contributed by atoms with Gasteiger partial charge in [0.1, 0.15) is 5.75 Å². The number of nitrogens with two attached hydrogens (primary N) is 1. The lowest BCUT2D eigenvalue weighted by Gasteiger charge is -2.14. The van der Waals surface area contributed by atoms with E-state index in [1.807, 2.05) is 13.0 Å². The van der Waals surface area contributed by atoms with Crippen molar-refractivity contribution in [3.8, 4) is 5.75 Å². The molecule has 1 heterocycles. The molecule has 1 aromatic heterocycles. The Hall–Kier alpha value is -0.840. The Morgan fingerprint density at radius 3 is 2.79 bits per heavy atom. The van der Waals surface area contributed by atoms with Gasteiger partial charge in [-0.25, -0.2) is 0 Å². The number of hydrogen-bond acceptors (Lipinski definition) is 3. The second kappa shape index (κ2) is 7.08. The molecule has 0 aliphatic rings. The molecule has 0 aliphatic carbocycles. The van der Waals surface area contributed by atoms with Crippen molar-refractivity contribution in [1.82, 2.24) is 0 Å². The van der Waals surface area contributed by atoms with E-state index in [0.29, 0.717) is 19.1 Å². The lowest BCUT2D eigenvalue weighted by Crippen LogP contribution is -2.13. The molecule has 0 radical (unpaired) electrons. The first-order valence-electron chi connectivity index (χ1n) is 6.39. The van der Waals surface area contributed by atoms with Gasteiger partial charge in [-0.1, -0.05) is 12.1 Å². The first kappa shape index (κ1) is 14.6. The van der Waals surface area contributed by atoms with Gasteiger partial charge >= 0.3 is 0 Å². The Balaban J connectivity index is 2.12. The first-order chi connectivity index (χ1) is 9.24. The van der Waals surface area contributed by atoms with Crippen LogP contribution in [0.2, 0.25) is 0 Å². The van der Waals surface area contributed by atoms with E-state index in [4.69, 9.17) is 10.5 Å². The van der Waals surface area contributed by atoms with Gasteiger partial charge < -0.3 is 10.5 Å². The Kier molecular flexibility index (Phi) is 5.43. The minimum atomic E-state index is 0.393. The maximum atomic E-state index is 5.90. The summed E-state index contributed by atoms with van der Waals surface area (Å²) in [6.45, 7) is 3.34. The molecule has 0 spiro atoms. The highest BCUT2D eigenvalue weighted by Gasteiger charge is 2.12. The van der Waals surface area contributed by atoms with Crippen LogP contribution in [0.1, 0.15) is 23.3 Å². The fourth-order valence-corrected chi connectivity index (χ4v) is 3.44. The Morgan fingerprint density at radius 2 is 2.21 bits per heavy atom. The van der Waals surface area contributed by atoms with Gasteiger partial charge in [0, 0.05) is 17.3 Å². The van der Waals surface area contributed by atoms with E-state index in [1.54, 1.807) is 11.3 Å². The predicted molar refractivity (Wildman–Crippen MR) is 85.1 cm³/mol. The third-order valence-corrected chi connectivity index (χ3v) is 4.66. The molecule has 1 unspecified atom stereocenters. The molecule has 0 saturated carbocycles. The fraction of sp³-hybridized carbons (Fsp3) is 0.333. The minimum Gasteiger partial charge on any atom is -0.493 e.